The number of rotatable bonds is 4. The molecule has 3 nitrogen and oxygen atoms in total. The van der Waals surface area contributed by atoms with E-state index in [4.69, 9.17) is 5.11 Å². The first-order chi connectivity index (χ1) is 8.56. The van der Waals surface area contributed by atoms with Crippen molar-refractivity contribution in [3.8, 4) is 10.6 Å². The van der Waals surface area contributed by atoms with E-state index < -0.39 is 5.97 Å². The molecule has 2 rings (SSSR count). The van der Waals surface area contributed by atoms with Crippen molar-refractivity contribution in [1.82, 2.24) is 4.98 Å². The molecule has 0 fully saturated rings. The highest BCUT2D eigenvalue weighted by molar-refractivity contribution is 9.11. The summed E-state index contributed by atoms with van der Waals surface area (Å²) in [5.41, 5.74) is 3.08. The zero-order chi connectivity index (χ0) is 13.1. The Morgan fingerprint density at radius 3 is 2.94 bits per heavy atom. The number of aryl methyl sites for hydroxylation is 2. The highest BCUT2D eigenvalue weighted by atomic mass is 79.9. The van der Waals surface area contributed by atoms with Crippen molar-refractivity contribution in [3.63, 3.8) is 0 Å². The van der Waals surface area contributed by atoms with E-state index in [0.717, 1.165) is 20.1 Å². The molecule has 0 aliphatic heterocycles. The minimum absolute atomic E-state index is 0.107. The van der Waals surface area contributed by atoms with Crippen LogP contribution in [0.25, 0.3) is 10.6 Å². The second kappa shape index (κ2) is 5.63. The number of carboxylic acid groups (broad SMARTS) is 1. The number of halogens is 1. The van der Waals surface area contributed by atoms with Crippen LogP contribution in [-0.4, -0.2) is 16.1 Å². The summed E-state index contributed by atoms with van der Waals surface area (Å²) in [4.78, 5) is 15.1. The van der Waals surface area contributed by atoms with Gasteiger partial charge in [0.15, 0.2) is 0 Å². The third-order valence-corrected chi connectivity index (χ3v) is 4.37. The summed E-state index contributed by atoms with van der Waals surface area (Å²) in [7, 11) is 0. The Morgan fingerprint density at radius 1 is 1.50 bits per heavy atom. The monoisotopic (exact) mass is 325 g/mol. The van der Waals surface area contributed by atoms with E-state index in [0.29, 0.717) is 6.42 Å². The van der Waals surface area contributed by atoms with Crippen molar-refractivity contribution in [2.24, 2.45) is 0 Å². The average Bonchev–Trinajstić information content (AvgIpc) is 2.68. The molecular formula is C13H12BrNO2S. The lowest BCUT2D eigenvalue weighted by molar-refractivity contribution is -0.136. The van der Waals surface area contributed by atoms with Gasteiger partial charge in [-0.25, -0.2) is 4.98 Å². The molecule has 0 radical (unpaired) electrons. The highest BCUT2D eigenvalue weighted by Crippen LogP contribution is 2.32. The van der Waals surface area contributed by atoms with Gasteiger partial charge in [-0.3, -0.25) is 4.79 Å². The van der Waals surface area contributed by atoms with Crippen LogP contribution in [0.15, 0.2) is 28.1 Å². The normalized spacial score (nSPS) is 10.6. The second-order valence-electron chi connectivity index (χ2n) is 4.00. The van der Waals surface area contributed by atoms with Crippen molar-refractivity contribution in [1.29, 1.82) is 0 Å². The number of carbonyl (C=O) groups is 1. The maximum atomic E-state index is 10.6. The molecule has 1 heterocycles. The summed E-state index contributed by atoms with van der Waals surface area (Å²) in [5, 5.41) is 9.61. The van der Waals surface area contributed by atoms with Gasteiger partial charge in [0.05, 0.1) is 15.9 Å². The molecule has 1 aromatic carbocycles. The Kier molecular flexibility index (Phi) is 4.14. The summed E-state index contributed by atoms with van der Waals surface area (Å²) in [6.07, 6.45) is 0.563. The van der Waals surface area contributed by atoms with Gasteiger partial charge in [-0.2, -0.15) is 0 Å². The SMILES string of the molecule is Cc1cccc(-c2nc(CCC(=O)O)c(Br)s2)c1. The number of nitrogens with zero attached hydrogens (tertiary/aromatic N) is 1. The maximum Gasteiger partial charge on any atom is 0.303 e. The molecule has 0 spiro atoms. The lowest BCUT2D eigenvalue weighted by atomic mass is 10.1. The topological polar surface area (TPSA) is 50.2 Å². The van der Waals surface area contributed by atoms with Crippen molar-refractivity contribution < 1.29 is 9.90 Å². The van der Waals surface area contributed by atoms with Gasteiger partial charge in [-0.1, -0.05) is 23.8 Å². The first kappa shape index (κ1) is 13.2. The molecule has 0 atom stereocenters. The quantitative estimate of drug-likeness (QED) is 0.927. The predicted octanol–water partition coefficient (Wildman–Crippen LogP) is 3.90. The number of thiazole rings is 1. The Bertz CT molecular complexity index is 580. The Morgan fingerprint density at radius 2 is 2.28 bits per heavy atom. The molecule has 94 valence electrons. The zero-order valence-corrected chi connectivity index (χ0v) is 12.2. The van der Waals surface area contributed by atoms with Crippen LogP contribution in [0.3, 0.4) is 0 Å². The number of hydrogen-bond acceptors (Lipinski definition) is 3. The lowest BCUT2D eigenvalue weighted by Gasteiger charge is -1.97. The van der Waals surface area contributed by atoms with E-state index >= 15 is 0 Å². The van der Waals surface area contributed by atoms with Crippen molar-refractivity contribution in [2.75, 3.05) is 0 Å². The number of aromatic nitrogens is 1. The molecule has 0 bridgehead atoms. The molecule has 2 aromatic rings. The summed E-state index contributed by atoms with van der Waals surface area (Å²) < 4.78 is 0.917. The molecule has 0 amide bonds. The van der Waals surface area contributed by atoms with E-state index in [1.807, 2.05) is 25.1 Å². The first-order valence-electron chi connectivity index (χ1n) is 5.50. The van der Waals surface area contributed by atoms with Crippen LogP contribution >= 0.6 is 27.3 Å². The standard InChI is InChI=1S/C13H12BrNO2S/c1-8-3-2-4-9(7-8)13-15-10(12(14)18-13)5-6-11(16)17/h2-4,7H,5-6H2,1H3,(H,16,17). The summed E-state index contributed by atoms with van der Waals surface area (Å²) >= 11 is 4.99. The van der Waals surface area contributed by atoms with E-state index in [1.54, 1.807) is 11.3 Å². The number of aliphatic carboxylic acids is 1. The van der Waals surface area contributed by atoms with Crippen LogP contribution in [0.4, 0.5) is 0 Å². The Hall–Kier alpha value is -1.20. The molecule has 18 heavy (non-hydrogen) atoms. The number of hydrogen-bond donors (Lipinski definition) is 1. The molecule has 0 saturated heterocycles. The summed E-state index contributed by atoms with van der Waals surface area (Å²) in [6, 6.07) is 8.12. The van der Waals surface area contributed by atoms with Crippen molar-refractivity contribution in [2.45, 2.75) is 19.8 Å². The molecule has 0 unspecified atom stereocenters. The van der Waals surface area contributed by atoms with Gasteiger partial charge >= 0.3 is 5.97 Å². The van der Waals surface area contributed by atoms with Gasteiger partial charge in [-0.05, 0) is 28.9 Å². The average molecular weight is 326 g/mol. The van der Waals surface area contributed by atoms with E-state index in [2.05, 4.69) is 27.0 Å². The number of benzene rings is 1. The number of carboxylic acids is 1. The Labute approximate surface area is 118 Å². The fourth-order valence-corrected chi connectivity index (χ4v) is 3.20. The van der Waals surface area contributed by atoms with Gasteiger partial charge in [0.1, 0.15) is 5.01 Å². The lowest BCUT2D eigenvalue weighted by Crippen LogP contribution is -1.98. The van der Waals surface area contributed by atoms with Crippen LogP contribution in [0.2, 0.25) is 0 Å². The molecule has 5 heteroatoms. The van der Waals surface area contributed by atoms with Gasteiger partial charge in [0, 0.05) is 12.0 Å². The third kappa shape index (κ3) is 3.17. The highest BCUT2D eigenvalue weighted by Gasteiger charge is 2.11. The van der Waals surface area contributed by atoms with Gasteiger partial charge < -0.3 is 5.11 Å². The van der Waals surface area contributed by atoms with Crippen LogP contribution in [0.5, 0.6) is 0 Å². The summed E-state index contributed by atoms with van der Waals surface area (Å²) in [5.74, 6) is -0.799. The summed E-state index contributed by atoms with van der Waals surface area (Å²) in [6.45, 7) is 2.04. The fourth-order valence-electron chi connectivity index (χ4n) is 1.61. The van der Waals surface area contributed by atoms with E-state index in [9.17, 15) is 4.79 Å². The molecule has 1 aromatic heterocycles. The fraction of sp³-hybridized carbons (Fsp3) is 0.231. The molecule has 0 aliphatic carbocycles. The van der Waals surface area contributed by atoms with Gasteiger partial charge in [0.25, 0.3) is 0 Å². The van der Waals surface area contributed by atoms with E-state index in [1.165, 1.54) is 5.56 Å². The first-order valence-corrected chi connectivity index (χ1v) is 7.11. The zero-order valence-electron chi connectivity index (χ0n) is 9.81. The molecule has 0 aliphatic rings. The minimum atomic E-state index is -0.799. The molecule has 1 N–H and O–H groups in total. The van der Waals surface area contributed by atoms with Crippen LogP contribution < -0.4 is 0 Å². The van der Waals surface area contributed by atoms with Crippen LogP contribution in [-0.2, 0) is 11.2 Å². The predicted molar refractivity (Wildman–Crippen MR) is 75.9 cm³/mol. The largest absolute Gasteiger partial charge is 0.481 e. The Balaban J connectivity index is 2.25. The van der Waals surface area contributed by atoms with Gasteiger partial charge in [0.2, 0.25) is 0 Å². The van der Waals surface area contributed by atoms with Crippen molar-refractivity contribution in [3.05, 3.63) is 39.3 Å². The van der Waals surface area contributed by atoms with Gasteiger partial charge in [-0.15, -0.1) is 11.3 Å². The second-order valence-corrected chi connectivity index (χ2v) is 6.32. The minimum Gasteiger partial charge on any atom is -0.481 e. The van der Waals surface area contributed by atoms with Crippen LogP contribution in [0, 0.1) is 6.92 Å². The van der Waals surface area contributed by atoms with Crippen molar-refractivity contribution >= 4 is 33.2 Å². The third-order valence-electron chi connectivity index (χ3n) is 2.49. The smallest absolute Gasteiger partial charge is 0.303 e. The van der Waals surface area contributed by atoms with Crippen LogP contribution in [0.1, 0.15) is 17.7 Å². The van der Waals surface area contributed by atoms with E-state index in [-0.39, 0.29) is 6.42 Å². The maximum absolute atomic E-state index is 10.6. The molecule has 0 saturated carbocycles. The molecular weight excluding hydrogens is 314 g/mol.